The average Bonchev–Trinajstić information content (AvgIpc) is 2.55. The van der Waals surface area contributed by atoms with E-state index in [9.17, 15) is 0 Å². The van der Waals surface area contributed by atoms with Crippen LogP contribution in [0.4, 0.5) is 0 Å². The van der Waals surface area contributed by atoms with E-state index in [1.165, 1.54) is 0 Å². The van der Waals surface area contributed by atoms with Crippen molar-refractivity contribution in [3.63, 3.8) is 0 Å². The summed E-state index contributed by atoms with van der Waals surface area (Å²) in [6.45, 7) is 2.64. The highest BCUT2D eigenvalue weighted by Gasteiger charge is 2.03. The standard InChI is InChI=1S/C18H14N2O/c1-2-21-17-7-6-14-9-16(5-4-15(14)10-17)18-8-3-13(11-19)12-20-18/h3-10,12H,2H2,1H3. The number of nitrogens with zero attached hydrogens (tertiary/aromatic N) is 2. The van der Waals surface area contributed by atoms with Gasteiger partial charge in [0.25, 0.3) is 0 Å². The maximum Gasteiger partial charge on any atom is 0.119 e. The van der Waals surface area contributed by atoms with Crippen LogP contribution in [-0.2, 0) is 0 Å². The molecule has 0 amide bonds. The van der Waals surface area contributed by atoms with Gasteiger partial charge in [-0.25, -0.2) is 0 Å². The van der Waals surface area contributed by atoms with E-state index >= 15 is 0 Å². The molecule has 0 saturated heterocycles. The number of hydrogen-bond acceptors (Lipinski definition) is 3. The molecular formula is C18H14N2O. The molecule has 21 heavy (non-hydrogen) atoms. The van der Waals surface area contributed by atoms with Gasteiger partial charge in [0.1, 0.15) is 11.8 Å². The number of fused-ring (bicyclic) bond motifs is 1. The summed E-state index contributed by atoms with van der Waals surface area (Å²) in [6.07, 6.45) is 1.59. The van der Waals surface area contributed by atoms with Crippen LogP contribution in [-0.4, -0.2) is 11.6 Å². The summed E-state index contributed by atoms with van der Waals surface area (Å²) in [6, 6.07) is 18.0. The van der Waals surface area contributed by atoms with Crippen molar-refractivity contribution in [1.29, 1.82) is 5.26 Å². The molecule has 0 saturated carbocycles. The molecule has 1 aromatic heterocycles. The molecule has 0 bridgehead atoms. The van der Waals surface area contributed by atoms with Crippen molar-refractivity contribution in [3.8, 4) is 23.1 Å². The highest BCUT2D eigenvalue weighted by Crippen LogP contribution is 2.26. The Bertz CT molecular complexity index is 817. The van der Waals surface area contributed by atoms with Crippen molar-refractivity contribution in [2.24, 2.45) is 0 Å². The summed E-state index contributed by atoms with van der Waals surface area (Å²) in [4.78, 5) is 4.33. The number of aromatic nitrogens is 1. The fraction of sp³-hybridized carbons (Fsp3) is 0.111. The Kier molecular flexibility index (Phi) is 3.53. The predicted octanol–water partition coefficient (Wildman–Crippen LogP) is 4.17. The third-order valence-corrected chi connectivity index (χ3v) is 3.31. The van der Waals surface area contributed by atoms with Crippen LogP contribution >= 0.6 is 0 Å². The van der Waals surface area contributed by atoms with Crippen LogP contribution in [0.2, 0.25) is 0 Å². The first-order valence-electron chi connectivity index (χ1n) is 6.83. The van der Waals surface area contributed by atoms with Crippen LogP contribution in [0.25, 0.3) is 22.0 Å². The number of pyridine rings is 1. The second-order valence-corrected chi connectivity index (χ2v) is 4.70. The van der Waals surface area contributed by atoms with Crippen LogP contribution in [0.3, 0.4) is 0 Å². The molecule has 2 aromatic carbocycles. The smallest absolute Gasteiger partial charge is 0.119 e. The first kappa shape index (κ1) is 13.1. The second kappa shape index (κ2) is 5.64. The van der Waals surface area contributed by atoms with Crippen molar-refractivity contribution in [2.75, 3.05) is 6.61 Å². The van der Waals surface area contributed by atoms with E-state index in [2.05, 4.69) is 23.2 Å². The third kappa shape index (κ3) is 2.70. The van der Waals surface area contributed by atoms with E-state index < -0.39 is 0 Å². The highest BCUT2D eigenvalue weighted by molar-refractivity contribution is 5.87. The van der Waals surface area contributed by atoms with E-state index in [1.54, 1.807) is 12.3 Å². The fourth-order valence-electron chi connectivity index (χ4n) is 2.27. The molecule has 102 valence electrons. The first-order chi connectivity index (χ1) is 10.3. The molecular weight excluding hydrogens is 260 g/mol. The van der Waals surface area contributed by atoms with Gasteiger partial charge in [-0.3, -0.25) is 4.98 Å². The molecule has 0 aliphatic rings. The van der Waals surface area contributed by atoms with Crippen molar-refractivity contribution in [3.05, 3.63) is 60.3 Å². The normalized spacial score (nSPS) is 10.3. The van der Waals surface area contributed by atoms with Crippen molar-refractivity contribution < 1.29 is 4.74 Å². The minimum atomic E-state index is 0.570. The lowest BCUT2D eigenvalue weighted by Gasteiger charge is -2.06. The second-order valence-electron chi connectivity index (χ2n) is 4.70. The Labute approximate surface area is 123 Å². The average molecular weight is 274 g/mol. The molecule has 3 aromatic rings. The Morgan fingerprint density at radius 1 is 1.05 bits per heavy atom. The summed E-state index contributed by atoms with van der Waals surface area (Å²) >= 11 is 0. The molecule has 0 spiro atoms. The Hall–Kier alpha value is -2.86. The van der Waals surface area contributed by atoms with E-state index in [-0.39, 0.29) is 0 Å². The quantitative estimate of drug-likeness (QED) is 0.720. The summed E-state index contributed by atoms with van der Waals surface area (Å²) in [7, 11) is 0. The largest absolute Gasteiger partial charge is 0.494 e. The van der Waals surface area contributed by atoms with E-state index in [0.29, 0.717) is 12.2 Å². The summed E-state index contributed by atoms with van der Waals surface area (Å²) in [5, 5.41) is 11.1. The molecule has 0 aliphatic carbocycles. The molecule has 0 aliphatic heterocycles. The molecule has 0 atom stereocenters. The van der Waals surface area contributed by atoms with Gasteiger partial charge >= 0.3 is 0 Å². The minimum absolute atomic E-state index is 0.570. The number of hydrogen-bond donors (Lipinski definition) is 0. The van der Waals surface area contributed by atoms with Gasteiger partial charge in [-0.1, -0.05) is 18.2 Å². The highest BCUT2D eigenvalue weighted by atomic mass is 16.5. The van der Waals surface area contributed by atoms with Gasteiger partial charge in [-0.15, -0.1) is 0 Å². The van der Waals surface area contributed by atoms with Crippen LogP contribution in [0.1, 0.15) is 12.5 Å². The lowest BCUT2D eigenvalue weighted by Crippen LogP contribution is -1.91. The summed E-state index contributed by atoms with van der Waals surface area (Å²) < 4.78 is 5.51. The molecule has 1 heterocycles. The molecule has 3 nitrogen and oxygen atoms in total. The topological polar surface area (TPSA) is 45.9 Å². The zero-order chi connectivity index (χ0) is 14.7. The van der Waals surface area contributed by atoms with Crippen LogP contribution in [0.5, 0.6) is 5.75 Å². The van der Waals surface area contributed by atoms with Gasteiger partial charge in [0.2, 0.25) is 0 Å². The van der Waals surface area contributed by atoms with Gasteiger partial charge in [0.05, 0.1) is 17.9 Å². The molecule has 0 radical (unpaired) electrons. The van der Waals surface area contributed by atoms with Gasteiger partial charge < -0.3 is 4.74 Å². The predicted molar refractivity (Wildman–Crippen MR) is 83.1 cm³/mol. The lowest BCUT2D eigenvalue weighted by molar-refractivity contribution is 0.341. The van der Waals surface area contributed by atoms with E-state index in [4.69, 9.17) is 10.00 Å². The maximum absolute atomic E-state index is 8.81. The first-order valence-corrected chi connectivity index (χ1v) is 6.83. The van der Waals surface area contributed by atoms with Gasteiger partial charge in [-0.05, 0) is 48.0 Å². The SMILES string of the molecule is CCOc1ccc2cc(-c3ccc(C#N)cn3)ccc2c1. The number of nitriles is 1. The third-order valence-electron chi connectivity index (χ3n) is 3.31. The van der Waals surface area contributed by atoms with Crippen LogP contribution in [0, 0.1) is 11.3 Å². The van der Waals surface area contributed by atoms with E-state index in [0.717, 1.165) is 27.8 Å². The number of rotatable bonds is 3. The summed E-state index contributed by atoms with van der Waals surface area (Å²) in [5.74, 6) is 0.884. The van der Waals surface area contributed by atoms with Crippen molar-refractivity contribution >= 4 is 10.8 Å². The van der Waals surface area contributed by atoms with Crippen LogP contribution < -0.4 is 4.74 Å². The zero-order valence-electron chi connectivity index (χ0n) is 11.7. The van der Waals surface area contributed by atoms with Gasteiger partial charge in [0, 0.05) is 11.8 Å². The Balaban J connectivity index is 2.00. The fourth-order valence-corrected chi connectivity index (χ4v) is 2.27. The van der Waals surface area contributed by atoms with Crippen molar-refractivity contribution in [1.82, 2.24) is 4.98 Å². The Morgan fingerprint density at radius 3 is 2.57 bits per heavy atom. The molecule has 3 rings (SSSR count). The maximum atomic E-state index is 8.81. The number of ether oxygens (including phenoxy) is 1. The van der Waals surface area contributed by atoms with Crippen LogP contribution in [0.15, 0.2) is 54.7 Å². The zero-order valence-corrected chi connectivity index (χ0v) is 11.7. The number of benzene rings is 2. The Morgan fingerprint density at radius 2 is 1.86 bits per heavy atom. The lowest BCUT2D eigenvalue weighted by atomic mass is 10.0. The summed E-state index contributed by atoms with van der Waals surface area (Å²) in [5.41, 5.74) is 2.47. The molecule has 0 N–H and O–H groups in total. The molecule has 3 heteroatoms. The minimum Gasteiger partial charge on any atom is -0.494 e. The molecule has 0 fully saturated rings. The monoisotopic (exact) mass is 274 g/mol. The van der Waals surface area contributed by atoms with Gasteiger partial charge in [-0.2, -0.15) is 5.26 Å². The van der Waals surface area contributed by atoms with E-state index in [1.807, 2.05) is 37.3 Å². The van der Waals surface area contributed by atoms with Crippen molar-refractivity contribution in [2.45, 2.75) is 6.92 Å². The molecule has 0 unspecified atom stereocenters. The van der Waals surface area contributed by atoms with Gasteiger partial charge in [0.15, 0.2) is 0 Å².